The second-order valence-electron chi connectivity index (χ2n) is 4.40. The van der Waals surface area contributed by atoms with Crippen molar-refractivity contribution in [3.63, 3.8) is 0 Å². The number of rotatable bonds is 5. The van der Waals surface area contributed by atoms with E-state index in [4.69, 9.17) is 21.1 Å². The molecule has 2 rings (SSSR count). The Kier molecular flexibility index (Phi) is 5.58. The van der Waals surface area contributed by atoms with Gasteiger partial charge in [0.1, 0.15) is 11.8 Å². The molecule has 20 heavy (non-hydrogen) atoms. The van der Waals surface area contributed by atoms with E-state index in [1.807, 2.05) is 0 Å². The van der Waals surface area contributed by atoms with Crippen LogP contribution in [0.4, 0.5) is 0 Å². The minimum absolute atomic E-state index is 0.215. The average molecular weight is 300 g/mol. The van der Waals surface area contributed by atoms with Gasteiger partial charge in [0.2, 0.25) is 5.88 Å². The fourth-order valence-corrected chi connectivity index (χ4v) is 2.13. The second kappa shape index (κ2) is 7.42. The first-order valence-corrected chi connectivity index (χ1v) is 6.89. The molecule has 1 amide bonds. The van der Waals surface area contributed by atoms with Crippen molar-refractivity contribution in [2.45, 2.75) is 0 Å². The molecule has 1 saturated heterocycles. The Morgan fingerprint density at radius 1 is 1.50 bits per heavy atom. The van der Waals surface area contributed by atoms with Gasteiger partial charge in [-0.3, -0.25) is 9.69 Å². The predicted molar refractivity (Wildman–Crippen MR) is 75.4 cm³/mol. The molecule has 0 unspecified atom stereocenters. The lowest BCUT2D eigenvalue weighted by Crippen LogP contribution is -2.38. The summed E-state index contributed by atoms with van der Waals surface area (Å²) in [4.78, 5) is 17.9. The Bertz CT molecular complexity index is 464. The van der Waals surface area contributed by atoms with E-state index in [-0.39, 0.29) is 11.1 Å². The first kappa shape index (κ1) is 15.0. The number of halogens is 1. The van der Waals surface area contributed by atoms with Crippen LogP contribution in [0.1, 0.15) is 10.4 Å². The maximum Gasteiger partial charge on any atom is 0.251 e. The SMILES string of the molecule is CNC(=O)c1cc(Cl)nc(OCCN2CCOCC2)c1. The van der Waals surface area contributed by atoms with Gasteiger partial charge in [0.15, 0.2) is 0 Å². The molecular weight excluding hydrogens is 282 g/mol. The van der Waals surface area contributed by atoms with Crippen LogP contribution in [0.2, 0.25) is 5.15 Å². The quantitative estimate of drug-likeness (QED) is 0.815. The average Bonchev–Trinajstić information content (AvgIpc) is 2.47. The van der Waals surface area contributed by atoms with Gasteiger partial charge in [0.05, 0.1) is 13.2 Å². The molecule has 1 fully saturated rings. The van der Waals surface area contributed by atoms with Crippen LogP contribution in [0.15, 0.2) is 12.1 Å². The Balaban J connectivity index is 1.88. The lowest BCUT2D eigenvalue weighted by atomic mass is 10.2. The fraction of sp³-hybridized carbons (Fsp3) is 0.538. The monoisotopic (exact) mass is 299 g/mol. The third-order valence-corrected chi connectivity index (χ3v) is 3.21. The van der Waals surface area contributed by atoms with Crippen molar-refractivity contribution in [3.05, 3.63) is 22.8 Å². The number of hydrogen-bond acceptors (Lipinski definition) is 5. The molecule has 6 nitrogen and oxygen atoms in total. The Morgan fingerprint density at radius 3 is 2.95 bits per heavy atom. The number of nitrogens with one attached hydrogen (secondary N) is 1. The first-order chi connectivity index (χ1) is 9.69. The molecule has 0 spiro atoms. The molecule has 1 aliphatic heterocycles. The lowest BCUT2D eigenvalue weighted by Gasteiger charge is -2.26. The fourth-order valence-electron chi connectivity index (χ4n) is 1.93. The molecule has 0 atom stereocenters. The molecule has 110 valence electrons. The minimum Gasteiger partial charge on any atom is -0.476 e. The highest BCUT2D eigenvalue weighted by Gasteiger charge is 2.11. The molecule has 7 heteroatoms. The summed E-state index contributed by atoms with van der Waals surface area (Å²) in [5.41, 5.74) is 0.439. The summed E-state index contributed by atoms with van der Waals surface area (Å²) in [6.07, 6.45) is 0. The first-order valence-electron chi connectivity index (χ1n) is 6.51. The van der Waals surface area contributed by atoms with Crippen LogP contribution < -0.4 is 10.1 Å². The number of carbonyl (C=O) groups is 1. The van der Waals surface area contributed by atoms with E-state index in [2.05, 4.69) is 15.2 Å². The smallest absolute Gasteiger partial charge is 0.251 e. The molecule has 1 aromatic rings. The zero-order valence-corrected chi connectivity index (χ0v) is 12.2. The molecule has 1 aliphatic rings. The topological polar surface area (TPSA) is 63.7 Å². The Labute approximate surface area is 123 Å². The Morgan fingerprint density at radius 2 is 2.25 bits per heavy atom. The summed E-state index contributed by atoms with van der Waals surface area (Å²) < 4.78 is 10.8. The highest BCUT2D eigenvalue weighted by Crippen LogP contribution is 2.16. The Hall–Kier alpha value is -1.37. The maximum atomic E-state index is 11.6. The van der Waals surface area contributed by atoms with Crippen LogP contribution in [0.3, 0.4) is 0 Å². The molecule has 1 N–H and O–H groups in total. The third kappa shape index (κ3) is 4.33. The summed E-state index contributed by atoms with van der Waals surface area (Å²) >= 11 is 5.88. The maximum absolute atomic E-state index is 11.6. The van der Waals surface area contributed by atoms with E-state index >= 15 is 0 Å². The number of carbonyl (C=O) groups excluding carboxylic acids is 1. The number of nitrogens with zero attached hydrogens (tertiary/aromatic N) is 2. The lowest BCUT2D eigenvalue weighted by molar-refractivity contribution is 0.0320. The minimum atomic E-state index is -0.215. The van der Waals surface area contributed by atoms with Crippen molar-refractivity contribution >= 4 is 17.5 Å². The van der Waals surface area contributed by atoms with Gasteiger partial charge in [0.25, 0.3) is 5.91 Å². The standard InChI is InChI=1S/C13H18ClN3O3/c1-15-13(18)10-8-11(14)16-12(9-10)20-7-4-17-2-5-19-6-3-17/h8-9H,2-7H2,1H3,(H,15,18). The molecule has 0 radical (unpaired) electrons. The summed E-state index contributed by atoms with van der Waals surface area (Å²) in [7, 11) is 1.57. The number of hydrogen-bond donors (Lipinski definition) is 1. The molecule has 0 saturated carbocycles. The van der Waals surface area contributed by atoms with Gasteiger partial charge in [-0.2, -0.15) is 0 Å². The summed E-state index contributed by atoms with van der Waals surface area (Å²) in [6.45, 7) is 4.64. The van der Waals surface area contributed by atoms with Crippen molar-refractivity contribution in [2.24, 2.45) is 0 Å². The third-order valence-electron chi connectivity index (χ3n) is 3.02. The van der Waals surface area contributed by atoms with Gasteiger partial charge in [-0.25, -0.2) is 4.98 Å². The van der Waals surface area contributed by atoms with E-state index in [9.17, 15) is 4.79 Å². The molecule has 2 heterocycles. The van der Waals surface area contributed by atoms with Crippen molar-refractivity contribution in [1.29, 1.82) is 0 Å². The predicted octanol–water partition coefficient (Wildman–Crippen LogP) is 0.806. The van der Waals surface area contributed by atoms with Crippen LogP contribution >= 0.6 is 11.6 Å². The van der Waals surface area contributed by atoms with E-state index in [0.29, 0.717) is 18.1 Å². The van der Waals surface area contributed by atoms with Gasteiger partial charge in [-0.1, -0.05) is 11.6 Å². The zero-order chi connectivity index (χ0) is 14.4. The highest BCUT2D eigenvalue weighted by molar-refractivity contribution is 6.29. The van der Waals surface area contributed by atoms with Gasteiger partial charge >= 0.3 is 0 Å². The molecule has 0 aliphatic carbocycles. The molecular formula is C13H18ClN3O3. The normalized spacial score (nSPS) is 15.9. The largest absolute Gasteiger partial charge is 0.476 e. The van der Waals surface area contributed by atoms with Crippen molar-refractivity contribution in [3.8, 4) is 5.88 Å². The van der Waals surface area contributed by atoms with Crippen LogP contribution in [-0.2, 0) is 4.74 Å². The second-order valence-corrected chi connectivity index (χ2v) is 4.79. The van der Waals surface area contributed by atoms with Crippen LogP contribution in [0, 0.1) is 0 Å². The van der Waals surface area contributed by atoms with Crippen LogP contribution in [0.25, 0.3) is 0 Å². The van der Waals surface area contributed by atoms with Crippen LogP contribution in [0.5, 0.6) is 5.88 Å². The molecule has 0 aromatic carbocycles. The van der Waals surface area contributed by atoms with E-state index in [0.717, 1.165) is 32.8 Å². The van der Waals surface area contributed by atoms with E-state index in [1.165, 1.54) is 6.07 Å². The highest BCUT2D eigenvalue weighted by atomic mass is 35.5. The van der Waals surface area contributed by atoms with Crippen LogP contribution in [-0.4, -0.2) is 62.3 Å². The summed E-state index contributed by atoms with van der Waals surface area (Å²) in [6, 6.07) is 3.10. The molecule has 0 bridgehead atoms. The van der Waals surface area contributed by atoms with Crippen molar-refractivity contribution in [2.75, 3.05) is 46.5 Å². The van der Waals surface area contributed by atoms with Gasteiger partial charge < -0.3 is 14.8 Å². The number of morpholine rings is 1. The van der Waals surface area contributed by atoms with Crippen molar-refractivity contribution in [1.82, 2.24) is 15.2 Å². The van der Waals surface area contributed by atoms with Gasteiger partial charge in [0, 0.05) is 38.3 Å². The number of amides is 1. The zero-order valence-electron chi connectivity index (χ0n) is 11.4. The number of aromatic nitrogens is 1. The van der Waals surface area contributed by atoms with Gasteiger partial charge in [-0.05, 0) is 6.07 Å². The van der Waals surface area contributed by atoms with E-state index in [1.54, 1.807) is 13.1 Å². The summed E-state index contributed by atoms with van der Waals surface area (Å²) in [5.74, 6) is 0.150. The molecule has 1 aromatic heterocycles. The number of pyridine rings is 1. The number of ether oxygens (including phenoxy) is 2. The van der Waals surface area contributed by atoms with Gasteiger partial charge in [-0.15, -0.1) is 0 Å². The van der Waals surface area contributed by atoms with Crippen molar-refractivity contribution < 1.29 is 14.3 Å². The summed E-state index contributed by atoms with van der Waals surface area (Å²) in [5, 5.41) is 2.78. The van der Waals surface area contributed by atoms with E-state index < -0.39 is 0 Å².